The lowest BCUT2D eigenvalue weighted by molar-refractivity contribution is 0.100. The summed E-state index contributed by atoms with van der Waals surface area (Å²) in [7, 11) is 0. The number of nitrogens with zero attached hydrogens (tertiary/aromatic N) is 1. The van der Waals surface area contributed by atoms with E-state index in [1.165, 1.54) is 25.7 Å². The fourth-order valence-electron chi connectivity index (χ4n) is 2.79. The van der Waals surface area contributed by atoms with Crippen LogP contribution in [0.2, 0.25) is 0 Å². The van der Waals surface area contributed by atoms with Gasteiger partial charge in [-0.25, -0.2) is 0 Å². The first kappa shape index (κ1) is 14.6. The van der Waals surface area contributed by atoms with Crippen molar-refractivity contribution < 1.29 is 4.79 Å². The molecule has 0 spiro atoms. The molecule has 1 unspecified atom stereocenters. The van der Waals surface area contributed by atoms with Gasteiger partial charge in [0, 0.05) is 23.6 Å². The first-order valence-electron chi connectivity index (χ1n) is 7.55. The number of hydrogen-bond acceptors (Lipinski definition) is 1. The summed E-state index contributed by atoms with van der Waals surface area (Å²) in [5.74, 6) is 0.313. The molecule has 0 fully saturated rings. The fraction of sp³-hybridized carbons (Fsp3) is 0.471. The zero-order valence-electron chi connectivity index (χ0n) is 12.4. The summed E-state index contributed by atoms with van der Waals surface area (Å²) in [6, 6.07) is 8.00. The highest BCUT2D eigenvalue weighted by atomic mass is 16.1. The molecule has 3 nitrogen and oxygen atoms in total. The lowest BCUT2D eigenvalue weighted by Crippen LogP contribution is -2.11. The number of primary amides is 1. The molecule has 0 bridgehead atoms. The Bertz CT molecular complexity index is 586. The van der Waals surface area contributed by atoms with E-state index in [1.54, 1.807) is 0 Å². The Morgan fingerprint density at radius 2 is 2.05 bits per heavy atom. The molecule has 0 aliphatic carbocycles. The van der Waals surface area contributed by atoms with Gasteiger partial charge in [-0.3, -0.25) is 4.79 Å². The van der Waals surface area contributed by atoms with Gasteiger partial charge in [0.05, 0.1) is 5.56 Å². The highest BCUT2D eigenvalue weighted by Crippen LogP contribution is 2.24. The molecule has 0 radical (unpaired) electrons. The largest absolute Gasteiger partial charge is 0.366 e. The lowest BCUT2D eigenvalue weighted by atomic mass is 9.99. The molecule has 1 atom stereocenters. The van der Waals surface area contributed by atoms with Crippen molar-refractivity contribution in [2.75, 3.05) is 0 Å². The van der Waals surface area contributed by atoms with Gasteiger partial charge in [-0.05, 0) is 18.4 Å². The molecule has 0 saturated carbocycles. The van der Waals surface area contributed by atoms with E-state index in [9.17, 15) is 4.79 Å². The SMILES string of the molecule is CCCCC(CC)Cn1cc(C(N)=O)c2ccccc21. The minimum Gasteiger partial charge on any atom is -0.366 e. The zero-order chi connectivity index (χ0) is 14.5. The van der Waals surface area contributed by atoms with Crippen LogP contribution in [0.3, 0.4) is 0 Å². The summed E-state index contributed by atoms with van der Waals surface area (Å²) in [5, 5.41) is 0.963. The van der Waals surface area contributed by atoms with E-state index in [0.717, 1.165) is 17.4 Å². The van der Waals surface area contributed by atoms with E-state index in [4.69, 9.17) is 5.73 Å². The molecule has 108 valence electrons. The molecular formula is C17H24N2O. The van der Waals surface area contributed by atoms with E-state index in [2.05, 4.69) is 24.5 Å². The fourth-order valence-corrected chi connectivity index (χ4v) is 2.79. The van der Waals surface area contributed by atoms with Crippen molar-refractivity contribution in [2.45, 2.75) is 46.1 Å². The van der Waals surface area contributed by atoms with Crippen LogP contribution in [0, 0.1) is 5.92 Å². The predicted molar refractivity (Wildman–Crippen MR) is 83.8 cm³/mol. The smallest absolute Gasteiger partial charge is 0.250 e. The number of para-hydroxylation sites is 1. The summed E-state index contributed by atoms with van der Waals surface area (Å²) in [5.41, 5.74) is 7.22. The van der Waals surface area contributed by atoms with Crippen LogP contribution in [0.5, 0.6) is 0 Å². The van der Waals surface area contributed by atoms with Gasteiger partial charge in [-0.1, -0.05) is 51.3 Å². The Labute approximate surface area is 120 Å². The van der Waals surface area contributed by atoms with E-state index in [1.807, 2.05) is 24.4 Å². The van der Waals surface area contributed by atoms with E-state index in [-0.39, 0.29) is 5.91 Å². The molecule has 1 aromatic heterocycles. The van der Waals surface area contributed by atoms with Crippen LogP contribution in [0.25, 0.3) is 10.9 Å². The summed E-state index contributed by atoms with van der Waals surface area (Å²) < 4.78 is 2.19. The average Bonchev–Trinajstić information content (AvgIpc) is 2.82. The van der Waals surface area contributed by atoms with Crippen LogP contribution in [0.4, 0.5) is 0 Å². The van der Waals surface area contributed by atoms with Crippen molar-refractivity contribution in [3.05, 3.63) is 36.0 Å². The third kappa shape index (κ3) is 3.03. The second kappa shape index (κ2) is 6.60. The summed E-state index contributed by atoms with van der Waals surface area (Å²) >= 11 is 0. The molecule has 20 heavy (non-hydrogen) atoms. The molecule has 1 amide bonds. The van der Waals surface area contributed by atoms with E-state index >= 15 is 0 Å². The summed E-state index contributed by atoms with van der Waals surface area (Å²) in [6.45, 7) is 5.42. The second-order valence-corrected chi connectivity index (χ2v) is 5.49. The normalized spacial score (nSPS) is 12.7. The van der Waals surface area contributed by atoms with E-state index in [0.29, 0.717) is 11.5 Å². The van der Waals surface area contributed by atoms with Gasteiger partial charge in [0.15, 0.2) is 0 Å². The molecule has 2 rings (SSSR count). The molecule has 2 N–H and O–H groups in total. The maximum absolute atomic E-state index is 11.6. The molecule has 0 aliphatic rings. The minimum absolute atomic E-state index is 0.346. The quantitative estimate of drug-likeness (QED) is 0.815. The number of fused-ring (bicyclic) bond motifs is 1. The van der Waals surface area contributed by atoms with Crippen LogP contribution in [0.1, 0.15) is 49.9 Å². The summed E-state index contributed by atoms with van der Waals surface area (Å²) in [4.78, 5) is 11.6. The van der Waals surface area contributed by atoms with Gasteiger partial charge in [0.25, 0.3) is 5.91 Å². The number of unbranched alkanes of at least 4 members (excludes halogenated alkanes) is 1. The predicted octanol–water partition coefficient (Wildman–Crippen LogP) is 3.96. The van der Waals surface area contributed by atoms with Crippen LogP contribution < -0.4 is 5.73 Å². The van der Waals surface area contributed by atoms with Crippen molar-refractivity contribution in [2.24, 2.45) is 11.7 Å². The Hall–Kier alpha value is -1.77. The standard InChI is InChI=1S/C17H24N2O/c1-3-5-8-13(4-2)11-19-12-15(17(18)20)14-9-6-7-10-16(14)19/h6-7,9-10,12-13H,3-5,8,11H2,1-2H3,(H2,18,20). The zero-order valence-corrected chi connectivity index (χ0v) is 12.4. The van der Waals surface area contributed by atoms with E-state index < -0.39 is 0 Å². The van der Waals surface area contributed by atoms with Gasteiger partial charge >= 0.3 is 0 Å². The number of aromatic nitrogens is 1. The van der Waals surface area contributed by atoms with Crippen molar-refractivity contribution >= 4 is 16.8 Å². The molecule has 1 aromatic carbocycles. The van der Waals surface area contributed by atoms with Gasteiger partial charge in [-0.15, -0.1) is 0 Å². The van der Waals surface area contributed by atoms with Crippen LogP contribution in [-0.2, 0) is 6.54 Å². The summed E-state index contributed by atoms with van der Waals surface area (Å²) in [6.07, 6.45) is 6.82. The first-order chi connectivity index (χ1) is 9.67. The Morgan fingerprint density at radius 3 is 2.70 bits per heavy atom. The molecular weight excluding hydrogens is 248 g/mol. The Kier molecular flexibility index (Phi) is 4.83. The number of carbonyl (C=O) groups excluding carboxylic acids is 1. The molecule has 0 saturated heterocycles. The second-order valence-electron chi connectivity index (χ2n) is 5.49. The third-order valence-corrected chi connectivity index (χ3v) is 4.05. The number of amides is 1. The Morgan fingerprint density at radius 1 is 1.30 bits per heavy atom. The molecule has 2 aromatic rings. The first-order valence-corrected chi connectivity index (χ1v) is 7.55. The lowest BCUT2D eigenvalue weighted by Gasteiger charge is -2.16. The topological polar surface area (TPSA) is 48.0 Å². The highest BCUT2D eigenvalue weighted by molar-refractivity contribution is 6.06. The monoisotopic (exact) mass is 272 g/mol. The molecule has 3 heteroatoms. The number of nitrogens with two attached hydrogens (primary N) is 1. The van der Waals surface area contributed by atoms with Gasteiger partial charge in [0.1, 0.15) is 0 Å². The number of rotatable bonds is 7. The van der Waals surface area contributed by atoms with Crippen LogP contribution in [-0.4, -0.2) is 10.5 Å². The minimum atomic E-state index is -0.346. The third-order valence-electron chi connectivity index (χ3n) is 4.05. The van der Waals surface area contributed by atoms with Gasteiger partial charge in [-0.2, -0.15) is 0 Å². The molecule has 0 aliphatic heterocycles. The van der Waals surface area contributed by atoms with Crippen LogP contribution >= 0.6 is 0 Å². The van der Waals surface area contributed by atoms with Gasteiger partial charge < -0.3 is 10.3 Å². The van der Waals surface area contributed by atoms with Crippen molar-refractivity contribution in [3.8, 4) is 0 Å². The van der Waals surface area contributed by atoms with Crippen LogP contribution in [0.15, 0.2) is 30.5 Å². The Balaban J connectivity index is 2.31. The number of carbonyl (C=O) groups is 1. The average molecular weight is 272 g/mol. The van der Waals surface area contributed by atoms with Gasteiger partial charge in [0.2, 0.25) is 0 Å². The maximum Gasteiger partial charge on any atom is 0.250 e. The molecule has 1 heterocycles. The highest BCUT2D eigenvalue weighted by Gasteiger charge is 2.14. The van der Waals surface area contributed by atoms with Crippen molar-refractivity contribution in [3.63, 3.8) is 0 Å². The van der Waals surface area contributed by atoms with Crippen molar-refractivity contribution in [1.82, 2.24) is 4.57 Å². The number of hydrogen-bond donors (Lipinski definition) is 1. The number of benzene rings is 1. The maximum atomic E-state index is 11.6. The van der Waals surface area contributed by atoms with Crippen molar-refractivity contribution in [1.29, 1.82) is 0 Å².